The number of hydrogen-bond acceptors (Lipinski definition) is 5. The number of nitrogens with one attached hydrogen (secondary N) is 2. The third-order valence-corrected chi connectivity index (χ3v) is 4.96. The first kappa shape index (κ1) is 12.5. The van der Waals surface area contributed by atoms with Crippen LogP contribution in [-0.4, -0.2) is 21.2 Å². The summed E-state index contributed by atoms with van der Waals surface area (Å²) in [6.45, 7) is 0. The molecule has 0 amide bonds. The number of sulfone groups is 1. The van der Waals surface area contributed by atoms with Crippen LogP contribution in [0.5, 0.6) is 0 Å². The Morgan fingerprint density at radius 2 is 2.18 bits per heavy atom. The molecule has 1 aliphatic heterocycles. The molecular formula is C11H17N3O2S. The first-order valence-corrected chi connectivity index (χ1v) is 7.22. The van der Waals surface area contributed by atoms with E-state index in [0.29, 0.717) is 11.3 Å². The Labute approximate surface area is 101 Å². The number of hydrogen-bond donors (Lipinski definition) is 3. The van der Waals surface area contributed by atoms with Crippen LogP contribution in [0.25, 0.3) is 0 Å². The molecule has 2 rings (SSSR count). The van der Waals surface area contributed by atoms with Crippen molar-refractivity contribution >= 4 is 9.84 Å². The zero-order valence-corrected chi connectivity index (χ0v) is 10.5. The summed E-state index contributed by atoms with van der Waals surface area (Å²) in [6.07, 6.45) is 1.34. The van der Waals surface area contributed by atoms with Gasteiger partial charge >= 0.3 is 0 Å². The van der Waals surface area contributed by atoms with Crippen molar-refractivity contribution in [3.63, 3.8) is 0 Å². The lowest BCUT2D eigenvalue weighted by Gasteiger charge is -2.20. The predicted octanol–water partition coefficient (Wildman–Crippen LogP) is 0.0878. The minimum atomic E-state index is -3.07. The van der Waals surface area contributed by atoms with Crippen LogP contribution in [-0.2, 0) is 16.3 Å². The Kier molecular flexibility index (Phi) is 3.48. The Balaban J connectivity index is 2.44. The second kappa shape index (κ2) is 4.73. The number of hydrazine groups is 1. The number of nitrogens with two attached hydrogens (primary N) is 1. The lowest BCUT2D eigenvalue weighted by molar-refractivity contribution is 0.487. The monoisotopic (exact) mass is 255 g/mol. The van der Waals surface area contributed by atoms with Crippen LogP contribution in [0, 0.1) is 0 Å². The molecule has 0 aromatic heterocycles. The highest BCUT2D eigenvalue weighted by molar-refractivity contribution is 7.91. The molecule has 0 radical (unpaired) electrons. The summed E-state index contributed by atoms with van der Waals surface area (Å²) in [7, 11) is -1.28. The second-order valence-electron chi connectivity index (χ2n) is 4.18. The SMILES string of the molecule is CNC(NN)c1ccc2c(c1)CCCS2(=O)=O. The van der Waals surface area contributed by atoms with E-state index in [2.05, 4.69) is 10.7 Å². The molecule has 1 aliphatic rings. The first-order chi connectivity index (χ1) is 8.08. The van der Waals surface area contributed by atoms with E-state index in [0.717, 1.165) is 17.5 Å². The molecule has 0 spiro atoms. The van der Waals surface area contributed by atoms with Gasteiger partial charge in [0.2, 0.25) is 0 Å². The van der Waals surface area contributed by atoms with Crippen molar-refractivity contribution in [1.29, 1.82) is 0 Å². The fourth-order valence-electron chi connectivity index (χ4n) is 2.19. The van der Waals surface area contributed by atoms with Gasteiger partial charge in [-0.25, -0.2) is 13.8 Å². The second-order valence-corrected chi connectivity index (χ2v) is 6.26. The third-order valence-electron chi connectivity index (χ3n) is 3.07. The lowest BCUT2D eigenvalue weighted by atomic mass is 10.0. The fraction of sp³-hybridized carbons (Fsp3) is 0.455. The van der Waals surface area contributed by atoms with E-state index in [1.54, 1.807) is 19.2 Å². The van der Waals surface area contributed by atoms with Gasteiger partial charge < -0.3 is 5.32 Å². The van der Waals surface area contributed by atoms with E-state index < -0.39 is 9.84 Å². The van der Waals surface area contributed by atoms with E-state index in [1.807, 2.05) is 6.07 Å². The molecule has 4 N–H and O–H groups in total. The molecule has 0 bridgehead atoms. The highest BCUT2D eigenvalue weighted by Crippen LogP contribution is 2.27. The van der Waals surface area contributed by atoms with Gasteiger partial charge in [-0.3, -0.25) is 5.84 Å². The lowest BCUT2D eigenvalue weighted by Crippen LogP contribution is -2.36. The minimum absolute atomic E-state index is 0.162. The van der Waals surface area contributed by atoms with Crippen LogP contribution in [0.1, 0.15) is 23.7 Å². The molecule has 0 aliphatic carbocycles. The van der Waals surface area contributed by atoms with Gasteiger partial charge in [0, 0.05) is 0 Å². The molecule has 6 heteroatoms. The molecule has 0 saturated heterocycles. The third kappa shape index (κ3) is 2.35. The van der Waals surface area contributed by atoms with Gasteiger partial charge in [-0.2, -0.15) is 0 Å². The molecule has 0 saturated carbocycles. The number of rotatable bonds is 3. The largest absolute Gasteiger partial charge is 0.300 e. The van der Waals surface area contributed by atoms with Gasteiger partial charge in [0.1, 0.15) is 0 Å². The predicted molar refractivity (Wildman–Crippen MR) is 65.9 cm³/mol. The average molecular weight is 255 g/mol. The normalized spacial score (nSPS) is 19.6. The fourth-order valence-corrected chi connectivity index (χ4v) is 3.77. The number of benzene rings is 1. The highest BCUT2D eigenvalue weighted by Gasteiger charge is 2.24. The van der Waals surface area contributed by atoms with E-state index in [-0.39, 0.29) is 11.9 Å². The van der Waals surface area contributed by atoms with Crippen molar-refractivity contribution in [2.75, 3.05) is 12.8 Å². The summed E-state index contributed by atoms with van der Waals surface area (Å²) < 4.78 is 23.7. The van der Waals surface area contributed by atoms with E-state index in [4.69, 9.17) is 5.84 Å². The molecule has 1 aromatic rings. The molecule has 17 heavy (non-hydrogen) atoms. The summed E-state index contributed by atoms with van der Waals surface area (Å²) in [6, 6.07) is 5.39. The van der Waals surface area contributed by atoms with Gasteiger partial charge in [-0.05, 0) is 37.1 Å². The van der Waals surface area contributed by atoms with Gasteiger partial charge in [0.25, 0.3) is 0 Å². The summed E-state index contributed by atoms with van der Waals surface area (Å²) in [5, 5.41) is 3.01. The van der Waals surface area contributed by atoms with E-state index in [1.165, 1.54) is 0 Å². The molecule has 1 unspecified atom stereocenters. The molecule has 5 nitrogen and oxygen atoms in total. The molecule has 0 fully saturated rings. The average Bonchev–Trinajstić information content (AvgIpc) is 2.30. The highest BCUT2D eigenvalue weighted by atomic mass is 32.2. The zero-order chi connectivity index (χ0) is 12.5. The quantitative estimate of drug-likeness (QED) is 0.405. The molecule has 1 aromatic carbocycles. The molecule has 1 heterocycles. The Hall–Kier alpha value is -0.950. The van der Waals surface area contributed by atoms with Crippen molar-refractivity contribution in [2.24, 2.45) is 5.84 Å². The van der Waals surface area contributed by atoms with E-state index in [9.17, 15) is 8.42 Å². The zero-order valence-electron chi connectivity index (χ0n) is 9.73. The Morgan fingerprint density at radius 1 is 1.41 bits per heavy atom. The van der Waals surface area contributed by atoms with Gasteiger partial charge in [-0.15, -0.1) is 0 Å². The Morgan fingerprint density at radius 3 is 2.82 bits per heavy atom. The maximum absolute atomic E-state index is 11.8. The van der Waals surface area contributed by atoms with Gasteiger partial charge in [0.15, 0.2) is 9.84 Å². The topological polar surface area (TPSA) is 84.2 Å². The van der Waals surface area contributed by atoms with Crippen LogP contribution in [0.2, 0.25) is 0 Å². The maximum Gasteiger partial charge on any atom is 0.178 e. The summed E-state index contributed by atoms with van der Waals surface area (Å²) in [5.74, 6) is 5.67. The van der Waals surface area contributed by atoms with Crippen molar-refractivity contribution < 1.29 is 8.42 Å². The van der Waals surface area contributed by atoms with Crippen molar-refractivity contribution in [2.45, 2.75) is 23.9 Å². The van der Waals surface area contributed by atoms with Crippen LogP contribution >= 0.6 is 0 Å². The summed E-state index contributed by atoms with van der Waals surface area (Å²) >= 11 is 0. The van der Waals surface area contributed by atoms with Crippen molar-refractivity contribution in [1.82, 2.24) is 10.7 Å². The standard InChI is InChI=1S/C11H17N3O2S/c1-13-11(14-12)9-4-5-10-8(7-9)3-2-6-17(10,15)16/h4-5,7,11,13-14H,2-3,6,12H2,1H3. The smallest absolute Gasteiger partial charge is 0.178 e. The molecule has 94 valence electrons. The van der Waals surface area contributed by atoms with Gasteiger partial charge in [-0.1, -0.05) is 12.1 Å². The number of aryl methyl sites for hydroxylation is 1. The Bertz CT molecular complexity index is 509. The summed E-state index contributed by atoms with van der Waals surface area (Å²) in [5.41, 5.74) is 4.48. The maximum atomic E-state index is 11.8. The molecule has 1 atom stereocenters. The van der Waals surface area contributed by atoms with Gasteiger partial charge in [0.05, 0.1) is 16.8 Å². The van der Waals surface area contributed by atoms with E-state index >= 15 is 0 Å². The molecular weight excluding hydrogens is 238 g/mol. The van der Waals surface area contributed by atoms with Crippen molar-refractivity contribution in [3.8, 4) is 0 Å². The first-order valence-electron chi connectivity index (χ1n) is 5.57. The van der Waals surface area contributed by atoms with Crippen LogP contribution < -0.4 is 16.6 Å². The van der Waals surface area contributed by atoms with Crippen LogP contribution in [0.3, 0.4) is 0 Å². The van der Waals surface area contributed by atoms with Crippen molar-refractivity contribution in [3.05, 3.63) is 29.3 Å². The van der Waals surface area contributed by atoms with Crippen LogP contribution in [0.15, 0.2) is 23.1 Å². The number of fused-ring (bicyclic) bond motifs is 1. The summed E-state index contributed by atoms with van der Waals surface area (Å²) in [4.78, 5) is 0.472. The minimum Gasteiger partial charge on any atom is -0.300 e. The van der Waals surface area contributed by atoms with Crippen LogP contribution in [0.4, 0.5) is 0 Å².